The molecule has 0 saturated carbocycles. The second kappa shape index (κ2) is 7.07. The summed E-state index contributed by atoms with van der Waals surface area (Å²) in [6, 6.07) is -0.932. The number of carboxylic acids is 1. The van der Waals surface area contributed by atoms with Crippen molar-refractivity contribution in [3.05, 3.63) is 11.0 Å². The number of hydrogen-bond donors (Lipinski definition) is 1. The van der Waals surface area contributed by atoms with Crippen LogP contribution in [0, 0.1) is 0 Å². The number of aliphatic carboxylic acids is 1. The number of nitrogens with two attached hydrogens (primary N) is 1. The van der Waals surface area contributed by atoms with Crippen molar-refractivity contribution in [3.63, 3.8) is 0 Å². The SMILES string of the molecule is NC(=S)SC/C=C1\SC2CC(=O)N2C1C(=O)[O-].[K+]. The van der Waals surface area contributed by atoms with E-state index in [1.165, 1.54) is 28.4 Å². The first kappa shape index (κ1) is 17.0. The summed E-state index contributed by atoms with van der Waals surface area (Å²) in [6.07, 6.45) is 2.15. The van der Waals surface area contributed by atoms with Gasteiger partial charge in [0.1, 0.15) is 10.4 Å². The Balaban J connectivity index is 0.00000162. The van der Waals surface area contributed by atoms with Crippen molar-refractivity contribution < 1.29 is 66.1 Å². The standard InChI is InChI=1S/C9H10N2O3S3.K/c10-9(15)16-2-1-4-7(8(13)14)11-5(12)3-6(11)17-4;/h1,6-7H,2-3H2,(H2,10,15)(H,13,14);/q;+1/p-1/b4-1-;. The summed E-state index contributed by atoms with van der Waals surface area (Å²) in [5.74, 6) is -0.863. The van der Waals surface area contributed by atoms with E-state index in [1.807, 2.05) is 0 Å². The second-order valence-electron chi connectivity index (χ2n) is 3.54. The van der Waals surface area contributed by atoms with Gasteiger partial charge >= 0.3 is 51.4 Å². The molecule has 92 valence electrons. The number of rotatable bonds is 3. The molecule has 2 atom stereocenters. The number of hydrogen-bond acceptors (Lipinski definition) is 6. The smallest absolute Gasteiger partial charge is 0.547 e. The minimum absolute atomic E-state index is 0. The summed E-state index contributed by atoms with van der Waals surface area (Å²) in [7, 11) is 0. The fourth-order valence-electron chi connectivity index (χ4n) is 1.76. The first-order valence-corrected chi connectivity index (χ1v) is 7.09. The van der Waals surface area contributed by atoms with Crippen LogP contribution < -0.4 is 62.2 Å². The molecule has 2 saturated heterocycles. The molecule has 2 N–H and O–H groups in total. The van der Waals surface area contributed by atoms with E-state index in [0.29, 0.717) is 21.4 Å². The Labute approximate surface area is 161 Å². The van der Waals surface area contributed by atoms with E-state index in [2.05, 4.69) is 0 Å². The van der Waals surface area contributed by atoms with E-state index in [4.69, 9.17) is 18.0 Å². The van der Waals surface area contributed by atoms with Gasteiger partial charge in [0, 0.05) is 10.7 Å². The van der Waals surface area contributed by atoms with Crippen LogP contribution >= 0.6 is 35.7 Å². The maximum absolute atomic E-state index is 11.3. The molecule has 2 fully saturated rings. The van der Waals surface area contributed by atoms with E-state index in [-0.39, 0.29) is 62.7 Å². The van der Waals surface area contributed by atoms with Gasteiger partial charge in [0.2, 0.25) is 5.91 Å². The molecular formula is C9H9KN2O3S3. The van der Waals surface area contributed by atoms with Gasteiger partial charge < -0.3 is 20.5 Å². The summed E-state index contributed by atoms with van der Waals surface area (Å²) < 4.78 is 0.314. The number of thiocarbonyl (C=S) groups is 1. The first-order chi connectivity index (χ1) is 8.00. The Kier molecular flexibility index (Phi) is 6.66. The number of carbonyl (C=O) groups is 2. The molecule has 0 spiro atoms. The van der Waals surface area contributed by atoms with Gasteiger partial charge in [-0.15, -0.1) is 11.8 Å². The van der Waals surface area contributed by atoms with E-state index in [9.17, 15) is 14.7 Å². The summed E-state index contributed by atoms with van der Waals surface area (Å²) >= 11 is 7.36. The summed E-state index contributed by atoms with van der Waals surface area (Å²) in [5, 5.41) is 11.0. The Morgan fingerprint density at radius 1 is 1.72 bits per heavy atom. The van der Waals surface area contributed by atoms with E-state index in [0.717, 1.165) is 0 Å². The van der Waals surface area contributed by atoms with Crippen molar-refractivity contribution in [3.8, 4) is 0 Å². The molecule has 0 aromatic heterocycles. The van der Waals surface area contributed by atoms with Gasteiger partial charge in [-0.25, -0.2) is 0 Å². The zero-order chi connectivity index (χ0) is 12.6. The van der Waals surface area contributed by atoms with Crippen LogP contribution in [0.3, 0.4) is 0 Å². The molecule has 0 radical (unpaired) electrons. The molecule has 2 unspecified atom stereocenters. The van der Waals surface area contributed by atoms with E-state index >= 15 is 0 Å². The second-order valence-corrected chi connectivity index (χ2v) is 6.55. The number of fused-ring (bicyclic) bond motifs is 1. The van der Waals surface area contributed by atoms with E-state index in [1.54, 1.807) is 6.08 Å². The third-order valence-electron chi connectivity index (χ3n) is 2.50. The van der Waals surface area contributed by atoms with Gasteiger partial charge in [0.05, 0.1) is 17.8 Å². The number of carbonyl (C=O) groups excluding carboxylic acids is 2. The Morgan fingerprint density at radius 3 is 2.89 bits per heavy atom. The predicted molar refractivity (Wildman–Crippen MR) is 69.0 cm³/mol. The molecule has 9 heteroatoms. The van der Waals surface area contributed by atoms with Crippen molar-refractivity contribution in [2.45, 2.75) is 17.8 Å². The number of amides is 1. The van der Waals surface area contributed by atoms with Crippen LogP contribution in [0.4, 0.5) is 0 Å². The Hall–Kier alpha value is 0.906. The number of thioether (sulfide) groups is 2. The summed E-state index contributed by atoms with van der Waals surface area (Å²) in [4.78, 5) is 24.3. The molecule has 0 aromatic rings. The molecule has 18 heavy (non-hydrogen) atoms. The van der Waals surface area contributed by atoms with Crippen LogP contribution in [-0.2, 0) is 9.59 Å². The summed E-state index contributed by atoms with van der Waals surface area (Å²) in [6.45, 7) is 0. The third-order valence-corrected chi connectivity index (χ3v) is 4.80. The van der Waals surface area contributed by atoms with E-state index < -0.39 is 12.0 Å². The van der Waals surface area contributed by atoms with Crippen LogP contribution in [0.15, 0.2) is 11.0 Å². The van der Waals surface area contributed by atoms with Crippen molar-refractivity contribution in [1.82, 2.24) is 4.90 Å². The molecule has 0 aliphatic carbocycles. The van der Waals surface area contributed by atoms with Gasteiger partial charge in [0.15, 0.2) is 0 Å². The molecule has 2 aliphatic heterocycles. The van der Waals surface area contributed by atoms with Crippen molar-refractivity contribution in [1.29, 1.82) is 0 Å². The van der Waals surface area contributed by atoms with Gasteiger partial charge in [0.25, 0.3) is 0 Å². The van der Waals surface area contributed by atoms with Crippen LogP contribution in [0.2, 0.25) is 0 Å². The third kappa shape index (κ3) is 3.51. The van der Waals surface area contributed by atoms with Gasteiger partial charge in [-0.05, 0) is 0 Å². The quantitative estimate of drug-likeness (QED) is 0.324. The van der Waals surface area contributed by atoms with Crippen LogP contribution in [0.5, 0.6) is 0 Å². The monoisotopic (exact) mass is 328 g/mol. The number of β-lactam (4-membered cyclic amide) rings is 1. The largest absolute Gasteiger partial charge is 1.00 e. The molecule has 2 aliphatic rings. The Bertz CT molecular complexity index is 429. The molecule has 5 nitrogen and oxygen atoms in total. The average molecular weight is 328 g/mol. The molecule has 2 heterocycles. The minimum Gasteiger partial charge on any atom is -0.547 e. The molecule has 2 rings (SSSR count). The van der Waals surface area contributed by atoms with Crippen molar-refractivity contribution >= 4 is 51.9 Å². The maximum Gasteiger partial charge on any atom is 1.00 e. The first-order valence-electron chi connectivity index (χ1n) is 4.81. The normalized spacial score (nSPS) is 27.4. The van der Waals surface area contributed by atoms with Gasteiger partial charge in [-0.3, -0.25) is 4.79 Å². The fourth-order valence-corrected chi connectivity index (χ4v) is 3.91. The number of nitrogens with zero attached hydrogens (tertiary/aromatic N) is 1. The molecule has 0 bridgehead atoms. The van der Waals surface area contributed by atoms with Crippen molar-refractivity contribution in [2.75, 3.05) is 5.75 Å². The van der Waals surface area contributed by atoms with Gasteiger partial charge in [-0.1, -0.05) is 30.1 Å². The minimum atomic E-state index is -1.24. The maximum atomic E-state index is 11.3. The van der Waals surface area contributed by atoms with Crippen LogP contribution in [0.25, 0.3) is 0 Å². The van der Waals surface area contributed by atoms with Gasteiger partial charge in [-0.2, -0.15) is 0 Å². The number of carboxylic acid groups (broad SMARTS) is 1. The summed E-state index contributed by atoms with van der Waals surface area (Å²) in [5.41, 5.74) is 5.33. The van der Waals surface area contributed by atoms with Crippen LogP contribution in [-0.4, -0.2) is 38.3 Å². The molecule has 1 amide bonds. The molecular weight excluding hydrogens is 319 g/mol. The zero-order valence-electron chi connectivity index (χ0n) is 9.62. The van der Waals surface area contributed by atoms with Crippen LogP contribution in [0.1, 0.15) is 6.42 Å². The topological polar surface area (TPSA) is 86.5 Å². The fraction of sp³-hybridized carbons (Fsp3) is 0.444. The zero-order valence-corrected chi connectivity index (χ0v) is 15.2. The molecule has 0 aromatic carbocycles. The Morgan fingerprint density at radius 2 is 2.39 bits per heavy atom. The van der Waals surface area contributed by atoms with Crippen molar-refractivity contribution in [2.24, 2.45) is 5.73 Å². The average Bonchev–Trinajstić information content (AvgIpc) is 2.50. The predicted octanol–water partition coefficient (Wildman–Crippen LogP) is -3.73.